The van der Waals surface area contributed by atoms with E-state index in [-0.39, 0.29) is 29.8 Å². The van der Waals surface area contributed by atoms with Crippen LogP contribution in [0.2, 0.25) is 5.02 Å². The summed E-state index contributed by atoms with van der Waals surface area (Å²) < 4.78 is 34.5. The van der Waals surface area contributed by atoms with E-state index in [0.29, 0.717) is 27.9 Å². The van der Waals surface area contributed by atoms with Gasteiger partial charge in [0.2, 0.25) is 0 Å². The third-order valence-electron chi connectivity index (χ3n) is 6.80. The normalized spacial score (nSPS) is 14.0. The first-order valence-corrected chi connectivity index (χ1v) is 15.9. The van der Waals surface area contributed by atoms with E-state index in [0.717, 1.165) is 49.5 Å². The molecule has 0 N–H and O–H groups in total. The van der Waals surface area contributed by atoms with Crippen molar-refractivity contribution in [2.75, 3.05) is 55.1 Å². The summed E-state index contributed by atoms with van der Waals surface area (Å²) >= 11 is 7.60. The van der Waals surface area contributed by atoms with Gasteiger partial charge in [0.05, 0.1) is 34.0 Å². The first-order chi connectivity index (χ1) is 19.4. The highest BCUT2D eigenvalue weighted by Crippen LogP contribution is 2.32. The molecule has 1 aliphatic rings. The predicted molar refractivity (Wildman–Crippen MR) is 169 cm³/mol. The molecular formula is C29H32Cl2N4O4S2. The molecule has 41 heavy (non-hydrogen) atoms. The topological polar surface area (TPSA) is 83.1 Å². The molecular weight excluding hydrogens is 603 g/mol. The summed E-state index contributed by atoms with van der Waals surface area (Å²) in [7, 11) is -3.80. The van der Waals surface area contributed by atoms with Crippen molar-refractivity contribution in [1.82, 2.24) is 9.88 Å². The van der Waals surface area contributed by atoms with E-state index < -0.39 is 10.0 Å². The van der Waals surface area contributed by atoms with Gasteiger partial charge in [0.1, 0.15) is 0 Å². The molecule has 1 aromatic heterocycles. The van der Waals surface area contributed by atoms with Crippen LogP contribution in [-0.4, -0.2) is 70.1 Å². The molecule has 0 radical (unpaired) electrons. The number of carbonyl (C=O) groups excluding carboxylic acids is 1. The van der Waals surface area contributed by atoms with Gasteiger partial charge in [0.25, 0.3) is 15.9 Å². The van der Waals surface area contributed by atoms with Gasteiger partial charge >= 0.3 is 0 Å². The number of anilines is 2. The van der Waals surface area contributed by atoms with Crippen LogP contribution in [0.4, 0.5) is 10.8 Å². The minimum absolute atomic E-state index is 0. The number of morpholine rings is 1. The molecule has 0 bridgehead atoms. The fourth-order valence-electron chi connectivity index (χ4n) is 4.70. The van der Waals surface area contributed by atoms with E-state index in [4.69, 9.17) is 21.3 Å². The van der Waals surface area contributed by atoms with Crippen molar-refractivity contribution in [3.05, 3.63) is 83.4 Å². The molecule has 3 aromatic carbocycles. The maximum Gasteiger partial charge on any atom is 0.264 e. The second-order valence-corrected chi connectivity index (χ2v) is 12.7. The Balaban J connectivity index is 0.00000387. The van der Waals surface area contributed by atoms with Crippen molar-refractivity contribution in [2.24, 2.45) is 0 Å². The fraction of sp³-hybridized carbons (Fsp3) is 0.310. The van der Waals surface area contributed by atoms with Crippen molar-refractivity contribution in [3.8, 4) is 0 Å². The molecule has 12 heteroatoms. The minimum Gasteiger partial charge on any atom is -0.379 e. The number of hydrogen-bond donors (Lipinski definition) is 0. The molecule has 1 aliphatic heterocycles. The van der Waals surface area contributed by atoms with E-state index >= 15 is 0 Å². The first kappa shape index (κ1) is 31.2. The number of aromatic nitrogens is 1. The van der Waals surface area contributed by atoms with Crippen LogP contribution in [0, 0.1) is 0 Å². The molecule has 1 saturated heterocycles. The van der Waals surface area contributed by atoms with Gasteiger partial charge in [-0.1, -0.05) is 41.1 Å². The number of nitrogens with zero attached hydrogens (tertiary/aromatic N) is 4. The summed E-state index contributed by atoms with van der Waals surface area (Å²) in [4.78, 5) is 22.7. The highest BCUT2D eigenvalue weighted by Gasteiger charge is 2.26. The van der Waals surface area contributed by atoms with Crippen molar-refractivity contribution in [2.45, 2.75) is 18.2 Å². The molecule has 0 unspecified atom stereocenters. The van der Waals surface area contributed by atoms with E-state index in [1.54, 1.807) is 54.3 Å². The smallest absolute Gasteiger partial charge is 0.264 e. The number of hydrogen-bond acceptors (Lipinski definition) is 7. The van der Waals surface area contributed by atoms with Crippen LogP contribution in [0.5, 0.6) is 0 Å². The zero-order valence-electron chi connectivity index (χ0n) is 22.6. The van der Waals surface area contributed by atoms with Gasteiger partial charge in [-0.05, 0) is 67.9 Å². The summed E-state index contributed by atoms with van der Waals surface area (Å²) in [5, 5.41) is 1.20. The molecule has 0 spiro atoms. The Labute approximate surface area is 256 Å². The molecule has 0 saturated carbocycles. The van der Waals surface area contributed by atoms with E-state index in [1.165, 1.54) is 27.8 Å². The van der Waals surface area contributed by atoms with Gasteiger partial charge < -0.3 is 4.74 Å². The van der Waals surface area contributed by atoms with Crippen molar-refractivity contribution in [1.29, 1.82) is 0 Å². The summed E-state index contributed by atoms with van der Waals surface area (Å²) in [6.07, 6.45) is 0.761. The Morgan fingerprint density at radius 3 is 2.44 bits per heavy atom. The lowest BCUT2D eigenvalue weighted by Gasteiger charge is -2.27. The number of sulfonamides is 1. The maximum atomic E-state index is 13.8. The molecule has 1 amide bonds. The fourth-order valence-corrected chi connectivity index (χ4v) is 7.44. The quantitative estimate of drug-likeness (QED) is 0.214. The number of benzene rings is 3. The van der Waals surface area contributed by atoms with Crippen LogP contribution < -0.4 is 9.21 Å². The summed E-state index contributed by atoms with van der Waals surface area (Å²) in [5.74, 6) is -0.230. The van der Waals surface area contributed by atoms with E-state index in [2.05, 4.69) is 4.90 Å². The predicted octanol–water partition coefficient (Wildman–Crippen LogP) is 5.96. The van der Waals surface area contributed by atoms with Crippen molar-refractivity contribution < 1.29 is 17.9 Å². The average molecular weight is 636 g/mol. The number of amides is 1. The van der Waals surface area contributed by atoms with Crippen molar-refractivity contribution in [3.63, 3.8) is 0 Å². The molecule has 0 aliphatic carbocycles. The SMILES string of the molecule is CCN(c1ccccc1)S(=O)(=O)c1ccc(C(=O)N(CCCN2CCOCC2)c2nc3ccc(Cl)cc3s2)cc1.Cl. The number of rotatable bonds is 10. The second kappa shape index (κ2) is 14.0. The molecule has 218 valence electrons. The second-order valence-electron chi connectivity index (χ2n) is 9.40. The molecule has 0 atom stereocenters. The molecule has 8 nitrogen and oxygen atoms in total. The van der Waals surface area contributed by atoms with Crippen molar-refractivity contribution >= 4 is 72.3 Å². The van der Waals surface area contributed by atoms with Crippen LogP contribution in [0.15, 0.2) is 77.7 Å². The third-order valence-corrected chi connectivity index (χ3v) is 9.99. The molecule has 1 fully saturated rings. The first-order valence-electron chi connectivity index (χ1n) is 13.2. The molecule has 5 rings (SSSR count). The van der Waals surface area contributed by atoms with Crippen LogP contribution in [0.3, 0.4) is 0 Å². The maximum absolute atomic E-state index is 13.8. The summed E-state index contributed by atoms with van der Waals surface area (Å²) in [6.45, 7) is 6.58. The highest BCUT2D eigenvalue weighted by atomic mass is 35.5. The van der Waals surface area contributed by atoms with Gasteiger partial charge in [0, 0.05) is 43.3 Å². The van der Waals surface area contributed by atoms with E-state index in [1.807, 2.05) is 18.2 Å². The number of thiazole rings is 1. The lowest BCUT2D eigenvalue weighted by Crippen LogP contribution is -2.39. The summed E-state index contributed by atoms with van der Waals surface area (Å²) in [6, 6.07) is 20.6. The number of para-hydroxylation sites is 1. The Morgan fingerprint density at radius 1 is 1.05 bits per heavy atom. The number of carbonyl (C=O) groups is 1. The lowest BCUT2D eigenvalue weighted by molar-refractivity contribution is 0.0376. The molecule has 2 heterocycles. The van der Waals surface area contributed by atoms with Crippen LogP contribution in [0.25, 0.3) is 10.2 Å². The summed E-state index contributed by atoms with van der Waals surface area (Å²) in [5.41, 5.74) is 1.76. The van der Waals surface area contributed by atoms with Gasteiger partial charge in [-0.3, -0.25) is 18.9 Å². The van der Waals surface area contributed by atoms with E-state index in [9.17, 15) is 13.2 Å². The van der Waals surface area contributed by atoms with Crippen LogP contribution in [0.1, 0.15) is 23.7 Å². The number of halogens is 2. The Bertz CT molecular complexity index is 1560. The number of ether oxygens (including phenoxy) is 1. The highest BCUT2D eigenvalue weighted by molar-refractivity contribution is 7.92. The third kappa shape index (κ3) is 7.20. The Kier molecular flexibility index (Phi) is 10.6. The molecule has 4 aromatic rings. The van der Waals surface area contributed by atoms with Gasteiger partial charge in [-0.25, -0.2) is 13.4 Å². The monoisotopic (exact) mass is 634 g/mol. The van der Waals surface area contributed by atoms with Gasteiger partial charge in [0.15, 0.2) is 5.13 Å². The Morgan fingerprint density at radius 2 is 1.76 bits per heavy atom. The van der Waals surface area contributed by atoms with Crippen LogP contribution in [-0.2, 0) is 14.8 Å². The standard InChI is InChI=1S/C29H31ClN4O4S2.ClH/c1-2-34(24-7-4-3-5-8-24)40(36,37)25-12-9-22(10-13-25)28(35)33(16-6-15-32-17-19-38-20-18-32)29-31-26-14-11-23(30)21-27(26)39-29;/h3-5,7-14,21H,2,6,15-20H2,1H3;1H. The lowest BCUT2D eigenvalue weighted by atomic mass is 10.2. The Hall–Kier alpha value is -2.73. The largest absolute Gasteiger partial charge is 0.379 e. The zero-order chi connectivity index (χ0) is 28.1. The van der Waals surface area contributed by atoms with Gasteiger partial charge in [-0.15, -0.1) is 12.4 Å². The average Bonchev–Trinajstić information content (AvgIpc) is 3.39. The zero-order valence-corrected chi connectivity index (χ0v) is 25.8. The van der Waals surface area contributed by atoms with Gasteiger partial charge in [-0.2, -0.15) is 0 Å². The van der Waals surface area contributed by atoms with Crippen LogP contribution >= 0.6 is 35.3 Å². The minimum atomic E-state index is -3.80. The number of fused-ring (bicyclic) bond motifs is 1.